The minimum Gasteiger partial charge on any atom is -0.340 e. The second-order valence-corrected chi connectivity index (χ2v) is 6.10. The maximum atomic E-state index is 12.1. The first-order valence-corrected chi connectivity index (χ1v) is 6.34. The first kappa shape index (κ1) is 15.0. The molecule has 1 aromatic rings. The minimum atomic E-state index is -0.498. The van der Waals surface area contributed by atoms with Crippen LogP contribution in [0, 0.1) is 5.41 Å². The summed E-state index contributed by atoms with van der Waals surface area (Å²) in [6.07, 6.45) is 0. The SMILES string of the molecule is CN(Cc1cccc(Cl)c1)C(=O)[C@@H](N)C(C)(C)C. The third kappa shape index (κ3) is 4.00. The van der Waals surface area contributed by atoms with Gasteiger partial charge in [-0.05, 0) is 23.1 Å². The molecule has 2 N–H and O–H groups in total. The normalized spacial score (nSPS) is 13.2. The fourth-order valence-electron chi connectivity index (χ4n) is 1.59. The lowest BCUT2D eigenvalue weighted by Crippen LogP contribution is -2.48. The molecule has 0 heterocycles. The summed E-state index contributed by atoms with van der Waals surface area (Å²) < 4.78 is 0. The van der Waals surface area contributed by atoms with Gasteiger partial charge in [0, 0.05) is 18.6 Å². The summed E-state index contributed by atoms with van der Waals surface area (Å²) in [6, 6.07) is 6.99. The number of benzene rings is 1. The van der Waals surface area contributed by atoms with E-state index in [2.05, 4.69) is 0 Å². The highest BCUT2D eigenvalue weighted by Crippen LogP contribution is 2.20. The Balaban J connectivity index is 2.71. The largest absolute Gasteiger partial charge is 0.340 e. The van der Waals surface area contributed by atoms with Crippen LogP contribution in [0.5, 0.6) is 0 Å². The van der Waals surface area contributed by atoms with Gasteiger partial charge in [-0.3, -0.25) is 4.79 Å². The summed E-state index contributed by atoms with van der Waals surface area (Å²) >= 11 is 5.91. The molecule has 1 atom stereocenters. The molecule has 0 saturated carbocycles. The van der Waals surface area contributed by atoms with Gasteiger partial charge in [0.15, 0.2) is 0 Å². The molecule has 0 aliphatic heterocycles. The Morgan fingerprint density at radius 1 is 1.44 bits per heavy atom. The van der Waals surface area contributed by atoms with Gasteiger partial charge in [-0.1, -0.05) is 44.5 Å². The van der Waals surface area contributed by atoms with E-state index in [-0.39, 0.29) is 11.3 Å². The van der Waals surface area contributed by atoms with Crippen molar-refractivity contribution in [2.75, 3.05) is 7.05 Å². The van der Waals surface area contributed by atoms with E-state index in [1.165, 1.54) is 0 Å². The number of amides is 1. The molecule has 4 heteroatoms. The third-order valence-electron chi connectivity index (χ3n) is 2.88. The highest BCUT2D eigenvalue weighted by molar-refractivity contribution is 6.30. The van der Waals surface area contributed by atoms with Crippen molar-refractivity contribution in [3.63, 3.8) is 0 Å². The molecular weight excluding hydrogens is 248 g/mol. The van der Waals surface area contributed by atoms with E-state index in [0.29, 0.717) is 11.6 Å². The smallest absolute Gasteiger partial charge is 0.240 e. The van der Waals surface area contributed by atoms with E-state index < -0.39 is 6.04 Å². The Kier molecular flexibility index (Phi) is 4.77. The number of rotatable bonds is 3. The summed E-state index contributed by atoms with van der Waals surface area (Å²) in [7, 11) is 1.76. The van der Waals surface area contributed by atoms with Crippen LogP contribution < -0.4 is 5.73 Å². The van der Waals surface area contributed by atoms with Crippen LogP contribution in [0.15, 0.2) is 24.3 Å². The zero-order chi connectivity index (χ0) is 13.9. The van der Waals surface area contributed by atoms with Crippen molar-refractivity contribution in [2.45, 2.75) is 33.4 Å². The Morgan fingerprint density at radius 2 is 2.06 bits per heavy atom. The number of carbonyl (C=O) groups is 1. The highest BCUT2D eigenvalue weighted by Gasteiger charge is 2.29. The van der Waals surface area contributed by atoms with Gasteiger partial charge < -0.3 is 10.6 Å². The van der Waals surface area contributed by atoms with Gasteiger partial charge in [0.1, 0.15) is 0 Å². The van der Waals surface area contributed by atoms with Crippen LogP contribution >= 0.6 is 11.6 Å². The number of halogens is 1. The molecule has 18 heavy (non-hydrogen) atoms. The average Bonchev–Trinajstić information content (AvgIpc) is 2.25. The Hall–Kier alpha value is -1.06. The van der Waals surface area contributed by atoms with Crippen LogP contribution in [-0.4, -0.2) is 23.9 Å². The highest BCUT2D eigenvalue weighted by atomic mass is 35.5. The van der Waals surface area contributed by atoms with E-state index >= 15 is 0 Å². The lowest BCUT2D eigenvalue weighted by atomic mass is 9.86. The first-order valence-electron chi connectivity index (χ1n) is 5.97. The molecule has 0 aromatic heterocycles. The number of hydrogen-bond acceptors (Lipinski definition) is 2. The molecule has 0 fully saturated rings. The van der Waals surface area contributed by atoms with Crippen molar-refractivity contribution in [1.82, 2.24) is 4.90 Å². The second kappa shape index (κ2) is 5.72. The number of nitrogens with two attached hydrogens (primary N) is 1. The number of likely N-dealkylation sites (N-methyl/N-ethyl adjacent to an activating group) is 1. The predicted molar refractivity (Wildman–Crippen MR) is 75.4 cm³/mol. The van der Waals surface area contributed by atoms with Crippen LogP contribution in [0.1, 0.15) is 26.3 Å². The minimum absolute atomic E-state index is 0.0533. The third-order valence-corrected chi connectivity index (χ3v) is 3.12. The van der Waals surface area contributed by atoms with Crippen LogP contribution in [0.2, 0.25) is 5.02 Å². The lowest BCUT2D eigenvalue weighted by molar-refractivity contribution is -0.134. The summed E-state index contributed by atoms with van der Waals surface area (Å²) in [5.74, 6) is -0.0533. The maximum Gasteiger partial charge on any atom is 0.240 e. The lowest BCUT2D eigenvalue weighted by Gasteiger charge is -2.30. The quantitative estimate of drug-likeness (QED) is 0.916. The van der Waals surface area contributed by atoms with Crippen LogP contribution in [0.4, 0.5) is 0 Å². The van der Waals surface area contributed by atoms with Crippen molar-refractivity contribution in [2.24, 2.45) is 11.1 Å². The average molecular weight is 269 g/mol. The van der Waals surface area contributed by atoms with Crippen molar-refractivity contribution in [3.05, 3.63) is 34.9 Å². The molecule has 0 spiro atoms. The molecule has 1 rings (SSSR count). The van der Waals surface area contributed by atoms with Gasteiger partial charge in [-0.2, -0.15) is 0 Å². The van der Waals surface area contributed by atoms with E-state index in [4.69, 9.17) is 17.3 Å². The molecule has 1 amide bonds. The zero-order valence-corrected chi connectivity index (χ0v) is 12.2. The first-order chi connectivity index (χ1) is 8.21. The predicted octanol–water partition coefficient (Wildman–Crippen LogP) is 2.67. The summed E-state index contributed by atoms with van der Waals surface area (Å²) in [5, 5.41) is 0.675. The summed E-state index contributed by atoms with van der Waals surface area (Å²) in [6.45, 7) is 6.40. The molecule has 0 saturated heterocycles. The molecule has 0 unspecified atom stereocenters. The van der Waals surface area contributed by atoms with Gasteiger partial charge in [0.2, 0.25) is 5.91 Å². The van der Waals surface area contributed by atoms with Crippen LogP contribution in [0.3, 0.4) is 0 Å². The Bertz CT molecular complexity index is 426. The van der Waals surface area contributed by atoms with Crippen molar-refractivity contribution >= 4 is 17.5 Å². The Morgan fingerprint density at radius 3 is 2.56 bits per heavy atom. The van der Waals surface area contributed by atoms with Crippen LogP contribution in [-0.2, 0) is 11.3 Å². The van der Waals surface area contributed by atoms with Gasteiger partial charge in [-0.25, -0.2) is 0 Å². The van der Waals surface area contributed by atoms with Gasteiger partial charge in [0.25, 0.3) is 0 Å². The summed E-state index contributed by atoms with van der Waals surface area (Å²) in [5.41, 5.74) is 6.72. The Labute approximate surface area is 114 Å². The van der Waals surface area contributed by atoms with Gasteiger partial charge in [-0.15, -0.1) is 0 Å². The topological polar surface area (TPSA) is 46.3 Å². The summed E-state index contributed by atoms with van der Waals surface area (Å²) in [4.78, 5) is 13.8. The molecule has 0 aliphatic carbocycles. The van der Waals surface area contributed by atoms with E-state index in [9.17, 15) is 4.79 Å². The molecule has 0 aliphatic rings. The van der Waals surface area contributed by atoms with E-state index in [0.717, 1.165) is 5.56 Å². The number of hydrogen-bond donors (Lipinski definition) is 1. The van der Waals surface area contributed by atoms with Gasteiger partial charge in [0.05, 0.1) is 6.04 Å². The standard InChI is InChI=1S/C14H21ClN2O/c1-14(2,3)12(16)13(18)17(4)9-10-6-5-7-11(15)8-10/h5-8,12H,9,16H2,1-4H3/t12-/m1/s1. The number of nitrogens with zero attached hydrogens (tertiary/aromatic N) is 1. The van der Waals surface area contributed by atoms with E-state index in [1.54, 1.807) is 11.9 Å². The molecular formula is C14H21ClN2O. The molecule has 1 aromatic carbocycles. The molecule has 0 bridgehead atoms. The zero-order valence-electron chi connectivity index (χ0n) is 11.4. The fraction of sp³-hybridized carbons (Fsp3) is 0.500. The van der Waals surface area contributed by atoms with Gasteiger partial charge >= 0.3 is 0 Å². The maximum absolute atomic E-state index is 12.1. The van der Waals surface area contributed by atoms with Crippen LogP contribution in [0.25, 0.3) is 0 Å². The van der Waals surface area contributed by atoms with Crippen molar-refractivity contribution in [3.8, 4) is 0 Å². The van der Waals surface area contributed by atoms with E-state index in [1.807, 2.05) is 45.0 Å². The van der Waals surface area contributed by atoms with Crippen molar-refractivity contribution in [1.29, 1.82) is 0 Å². The van der Waals surface area contributed by atoms with Crippen molar-refractivity contribution < 1.29 is 4.79 Å². The monoisotopic (exact) mass is 268 g/mol. The number of carbonyl (C=O) groups excluding carboxylic acids is 1. The molecule has 3 nitrogen and oxygen atoms in total. The fourth-order valence-corrected chi connectivity index (χ4v) is 1.81. The molecule has 0 radical (unpaired) electrons. The molecule has 100 valence electrons. The second-order valence-electron chi connectivity index (χ2n) is 5.67.